The fraction of sp³-hybridized carbons (Fsp3) is 0.333. The van der Waals surface area contributed by atoms with Crippen LogP contribution in [0, 0.1) is 0 Å². The maximum absolute atomic E-state index is 5.37. The highest BCUT2D eigenvalue weighted by Crippen LogP contribution is 2.03. The van der Waals surface area contributed by atoms with Crippen LogP contribution >= 0.6 is 0 Å². The fourth-order valence-electron chi connectivity index (χ4n) is 0.710. The highest BCUT2D eigenvalue weighted by atomic mass is 16.5. The molecule has 0 saturated carbocycles. The first-order chi connectivity index (χ1) is 5.77. The number of rotatable bonds is 3. The molecule has 6 nitrogen and oxygen atoms in total. The van der Waals surface area contributed by atoms with Crippen molar-refractivity contribution >= 4 is 5.84 Å². The fourth-order valence-corrected chi connectivity index (χ4v) is 0.710. The van der Waals surface area contributed by atoms with Crippen molar-refractivity contribution < 1.29 is 9.26 Å². The van der Waals surface area contributed by atoms with Crippen LogP contribution in [-0.2, 0) is 11.3 Å². The Morgan fingerprint density at radius 3 is 3.17 bits per heavy atom. The van der Waals surface area contributed by atoms with Gasteiger partial charge in [0.2, 0.25) is 0 Å². The molecule has 0 aromatic carbocycles. The molecule has 0 aliphatic heterocycles. The summed E-state index contributed by atoms with van der Waals surface area (Å²) < 4.78 is 9.65. The van der Waals surface area contributed by atoms with Crippen LogP contribution in [0.2, 0.25) is 0 Å². The van der Waals surface area contributed by atoms with E-state index < -0.39 is 0 Å². The minimum Gasteiger partial charge on any atom is -0.380 e. The Bertz CT molecular complexity index is 281. The average Bonchev–Trinajstić information content (AvgIpc) is 2.52. The van der Waals surface area contributed by atoms with Crippen LogP contribution in [0.15, 0.2) is 15.7 Å². The summed E-state index contributed by atoms with van der Waals surface area (Å²) in [6.45, 7) is 0.352. The lowest BCUT2D eigenvalue weighted by molar-refractivity contribution is 0.156. The molecule has 66 valence electrons. The minimum absolute atomic E-state index is 0.140. The first-order valence-electron chi connectivity index (χ1n) is 3.26. The number of nitrogens with zero attached hydrogens (tertiary/aromatic N) is 2. The molecule has 0 aliphatic rings. The second-order valence-corrected chi connectivity index (χ2v) is 2.13. The van der Waals surface area contributed by atoms with E-state index in [0.29, 0.717) is 18.1 Å². The Morgan fingerprint density at radius 2 is 2.58 bits per heavy atom. The van der Waals surface area contributed by atoms with Gasteiger partial charge in [-0.1, -0.05) is 5.16 Å². The third kappa shape index (κ3) is 1.73. The van der Waals surface area contributed by atoms with Gasteiger partial charge in [-0.25, -0.2) is 0 Å². The van der Waals surface area contributed by atoms with E-state index in [0.717, 1.165) is 0 Å². The van der Waals surface area contributed by atoms with Crippen LogP contribution in [0.4, 0.5) is 0 Å². The van der Waals surface area contributed by atoms with Gasteiger partial charge in [0, 0.05) is 13.2 Å². The highest BCUT2D eigenvalue weighted by molar-refractivity contribution is 5.95. The third-order valence-corrected chi connectivity index (χ3v) is 1.25. The van der Waals surface area contributed by atoms with Gasteiger partial charge in [-0.2, -0.15) is 5.10 Å². The second kappa shape index (κ2) is 3.72. The van der Waals surface area contributed by atoms with E-state index in [1.807, 2.05) is 0 Å². The SMILES string of the molecule is COCc1cc(C(N)=NN)no1. The second-order valence-electron chi connectivity index (χ2n) is 2.13. The topological polar surface area (TPSA) is 99.7 Å². The number of aromatic nitrogens is 1. The Kier molecular flexibility index (Phi) is 2.65. The minimum atomic E-state index is 0.140. The predicted molar refractivity (Wildman–Crippen MR) is 42.1 cm³/mol. The smallest absolute Gasteiger partial charge is 0.172 e. The molecular formula is C6H10N4O2. The molecule has 0 amide bonds. The van der Waals surface area contributed by atoms with Crippen LogP contribution in [-0.4, -0.2) is 18.1 Å². The standard InChI is InChI=1S/C6H10N4O2/c1-11-3-4-2-5(10-12-4)6(7)9-8/h2H,3,8H2,1H3,(H2,7,9). The van der Waals surface area contributed by atoms with Crippen molar-refractivity contribution in [3.05, 3.63) is 17.5 Å². The van der Waals surface area contributed by atoms with Crippen molar-refractivity contribution in [1.82, 2.24) is 5.16 Å². The Labute approximate surface area is 69.2 Å². The molecular weight excluding hydrogens is 160 g/mol. The van der Waals surface area contributed by atoms with Gasteiger partial charge in [-0.15, -0.1) is 0 Å². The third-order valence-electron chi connectivity index (χ3n) is 1.25. The normalized spacial score (nSPS) is 11.9. The maximum Gasteiger partial charge on any atom is 0.172 e. The van der Waals surface area contributed by atoms with E-state index in [1.165, 1.54) is 0 Å². The Balaban J connectivity index is 2.77. The first-order valence-corrected chi connectivity index (χ1v) is 3.26. The molecule has 0 radical (unpaired) electrons. The van der Waals surface area contributed by atoms with Gasteiger partial charge in [0.1, 0.15) is 6.61 Å². The number of methoxy groups -OCH3 is 1. The summed E-state index contributed by atoms with van der Waals surface area (Å²) in [6.07, 6.45) is 0. The van der Waals surface area contributed by atoms with Crippen LogP contribution < -0.4 is 11.6 Å². The lowest BCUT2D eigenvalue weighted by atomic mass is 10.3. The Morgan fingerprint density at radius 1 is 1.83 bits per heavy atom. The summed E-state index contributed by atoms with van der Waals surface area (Å²) >= 11 is 0. The van der Waals surface area contributed by atoms with Gasteiger partial charge in [0.05, 0.1) is 0 Å². The number of hydrazone groups is 1. The summed E-state index contributed by atoms with van der Waals surface area (Å²) in [6, 6.07) is 1.62. The van der Waals surface area contributed by atoms with Gasteiger partial charge >= 0.3 is 0 Å². The van der Waals surface area contributed by atoms with Gasteiger partial charge < -0.3 is 20.8 Å². The maximum atomic E-state index is 5.37. The summed E-state index contributed by atoms with van der Waals surface area (Å²) in [7, 11) is 1.56. The average molecular weight is 170 g/mol. The predicted octanol–water partition coefficient (Wildman–Crippen LogP) is -0.600. The molecule has 0 bridgehead atoms. The van der Waals surface area contributed by atoms with Crippen LogP contribution in [0.25, 0.3) is 0 Å². The lowest BCUT2D eigenvalue weighted by Crippen LogP contribution is -2.15. The van der Waals surface area contributed by atoms with E-state index in [1.54, 1.807) is 13.2 Å². The zero-order chi connectivity index (χ0) is 8.97. The molecule has 1 heterocycles. The summed E-state index contributed by atoms with van der Waals surface area (Å²) in [5, 5.41) is 6.88. The molecule has 0 fully saturated rings. The molecule has 0 unspecified atom stereocenters. The van der Waals surface area contributed by atoms with Gasteiger partial charge in [-0.05, 0) is 0 Å². The van der Waals surface area contributed by atoms with Crippen molar-refractivity contribution in [2.45, 2.75) is 6.61 Å². The molecule has 0 saturated heterocycles. The van der Waals surface area contributed by atoms with E-state index in [2.05, 4.69) is 10.3 Å². The number of hydrogen-bond donors (Lipinski definition) is 2. The zero-order valence-corrected chi connectivity index (χ0v) is 6.65. The van der Waals surface area contributed by atoms with Crippen molar-refractivity contribution in [2.75, 3.05) is 7.11 Å². The van der Waals surface area contributed by atoms with Crippen molar-refractivity contribution in [2.24, 2.45) is 16.7 Å². The molecule has 1 aromatic rings. The van der Waals surface area contributed by atoms with Crippen LogP contribution in [0.1, 0.15) is 11.5 Å². The van der Waals surface area contributed by atoms with E-state index in [-0.39, 0.29) is 5.84 Å². The van der Waals surface area contributed by atoms with Gasteiger partial charge in [0.15, 0.2) is 17.3 Å². The number of hydrogen-bond acceptors (Lipinski definition) is 5. The summed E-state index contributed by atoms with van der Waals surface area (Å²) in [4.78, 5) is 0. The van der Waals surface area contributed by atoms with Gasteiger partial charge in [-0.3, -0.25) is 0 Å². The quantitative estimate of drug-likeness (QED) is 0.273. The molecule has 1 aromatic heterocycles. The highest BCUT2D eigenvalue weighted by Gasteiger charge is 2.06. The largest absolute Gasteiger partial charge is 0.380 e. The summed E-state index contributed by atoms with van der Waals surface area (Å²) in [5.74, 6) is 5.66. The van der Waals surface area contributed by atoms with E-state index in [4.69, 9.17) is 20.8 Å². The number of amidine groups is 1. The number of ether oxygens (including phenoxy) is 1. The Hall–Kier alpha value is -1.56. The molecule has 12 heavy (non-hydrogen) atoms. The van der Waals surface area contributed by atoms with Crippen molar-refractivity contribution in [3.8, 4) is 0 Å². The lowest BCUT2D eigenvalue weighted by Gasteiger charge is -1.88. The van der Waals surface area contributed by atoms with Gasteiger partial charge in [0.25, 0.3) is 0 Å². The van der Waals surface area contributed by atoms with Crippen LogP contribution in [0.3, 0.4) is 0 Å². The molecule has 6 heteroatoms. The van der Waals surface area contributed by atoms with Crippen LogP contribution in [0.5, 0.6) is 0 Å². The summed E-state index contributed by atoms with van der Waals surface area (Å²) in [5.41, 5.74) is 5.79. The molecule has 0 aliphatic carbocycles. The molecule has 0 spiro atoms. The van der Waals surface area contributed by atoms with E-state index in [9.17, 15) is 0 Å². The van der Waals surface area contributed by atoms with E-state index >= 15 is 0 Å². The molecule has 1 rings (SSSR count). The monoisotopic (exact) mass is 170 g/mol. The number of nitrogens with two attached hydrogens (primary N) is 2. The molecule has 0 atom stereocenters. The first kappa shape index (κ1) is 8.54. The van der Waals surface area contributed by atoms with Crippen molar-refractivity contribution in [3.63, 3.8) is 0 Å². The molecule has 4 N–H and O–H groups in total. The van der Waals surface area contributed by atoms with Crippen molar-refractivity contribution in [1.29, 1.82) is 0 Å². The zero-order valence-electron chi connectivity index (χ0n) is 6.65.